The van der Waals surface area contributed by atoms with Crippen LogP contribution in [0.2, 0.25) is 0 Å². The van der Waals surface area contributed by atoms with Crippen LogP contribution in [0, 0.1) is 11.8 Å². The number of nitrogens with one attached hydrogen (secondary N) is 1. The van der Waals surface area contributed by atoms with Crippen molar-refractivity contribution in [3.63, 3.8) is 0 Å². The highest BCUT2D eigenvalue weighted by molar-refractivity contribution is 5.26. The van der Waals surface area contributed by atoms with Gasteiger partial charge in [0.1, 0.15) is 5.75 Å². The molecule has 1 saturated carbocycles. The second-order valence-electron chi connectivity index (χ2n) is 6.59. The van der Waals surface area contributed by atoms with Crippen molar-refractivity contribution < 1.29 is 4.74 Å². The highest BCUT2D eigenvalue weighted by atomic mass is 16.5. The molecule has 3 heteroatoms. The third-order valence-electron chi connectivity index (χ3n) is 4.65. The van der Waals surface area contributed by atoms with E-state index in [-0.39, 0.29) is 6.10 Å². The van der Waals surface area contributed by atoms with Crippen LogP contribution in [-0.2, 0) is 0 Å². The molecule has 3 atom stereocenters. The minimum atomic E-state index is 0.189. The number of aromatic nitrogens is 1. The zero-order chi connectivity index (χ0) is 15.2. The van der Waals surface area contributed by atoms with Gasteiger partial charge in [-0.3, -0.25) is 4.98 Å². The molecular formula is C18H30N2O. The summed E-state index contributed by atoms with van der Waals surface area (Å²) in [5.41, 5.74) is 1.26. The van der Waals surface area contributed by atoms with E-state index in [0.717, 1.165) is 11.7 Å². The van der Waals surface area contributed by atoms with E-state index in [1.807, 2.05) is 12.4 Å². The van der Waals surface area contributed by atoms with Crippen molar-refractivity contribution in [2.75, 3.05) is 7.05 Å². The van der Waals surface area contributed by atoms with Gasteiger partial charge < -0.3 is 10.1 Å². The summed E-state index contributed by atoms with van der Waals surface area (Å²) in [5.74, 6) is 2.48. The Balaban J connectivity index is 2.12. The lowest BCUT2D eigenvalue weighted by atomic mass is 9.75. The third kappa shape index (κ3) is 4.44. The lowest BCUT2D eigenvalue weighted by Crippen LogP contribution is -2.29. The predicted molar refractivity (Wildman–Crippen MR) is 87.5 cm³/mol. The monoisotopic (exact) mass is 290 g/mol. The largest absolute Gasteiger partial charge is 0.489 e. The van der Waals surface area contributed by atoms with Gasteiger partial charge in [0.2, 0.25) is 0 Å². The van der Waals surface area contributed by atoms with Gasteiger partial charge >= 0.3 is 0 Å². The van der Waals surface area contributed by atoms with Gasteiger partial charge in [-0.15, -0.1) is 0 Å². The molecule has 0 spiro atoms. The Morgan fingerprint density at radius 2 is 2.14 bits per heavy atom. The maximum absolute atomic E-state index is 5.79. The summed E-state index contributed by atoms with van der Waals surface area (Å²) in [6.07, 6.45) is 10.7. The van der Waals surface area contributed by atoms with Crippen molar-refractivity contribution in [3.05, 3.63) is 24.0 Å². The minimum absolute atomic E-state index is 0.189. The molecule has 1 aliphatic rings. The Morgan fingerprint density at radius 1 is 1.33 bits per heavy atom. The van der Waals surface area contributed by atoms with Crippen LogP contribution in [0.5, 0.6) is 5.75 Å². The number of ether oxygens (including phenoxy) is 1. The SMILES string of the molecule is CCC1CCCC(C(NC)c2cncc(OC(C)C)c2)C1. The molecule has 21 heavy (non-hydrogen) atoms. The summed E-state index contributed by atoms with van der Waals surface area (Å²) in [6, 6.07) is 2.55. The maximum atomic E-state index is 5.79. The molecule has 1 heterocycles. The van der Waals surface area contributed by atoms with Crippen LogP contribution < -0.4 is 10.1 Å². The fraction of sp³-hybridized carbons (Fsp3) is 0.722. The molecule has 0 saturated heterocycles. The number of nitrogens with zero attached hydrogens (tertiary/aromatic N) is 1. The topological polar surface area (TPSA) is 34.2 Å². The molecular weight excluding hydrogens is 260 g/mol. The first-order valence-electron chi connectivity index (χ1n) is 8.42. The molecule has 3 nitrogen and oxygen atoms in total. The van der Waals surface area contributed by atoms with Crippen molar-refractivity contribution in [1.82, 2.24) is 10.3 Å². The molecule has 0 aliphatic heterocycles. The smallest absolute Gasteiger partial charge is 0.138 e. The molecule has 1 aromatic rings. The minimum Gasteiger partial charge on any atom is -0.489 e. The average molecular weight is 290 g/mol. The Hall–Kier alpha value is -1.09. The number of rotatable bonds is 6. The van der Waals surface area contributed by atoms with E-state index in [1.165, 1.54) is 37.7 Å². The second-order valence-corrected chi connectivity index (χ2v) is 6.59. The molecule has 1 fully saturated rings. The van der Waals surface area contributed by atoms with Gasteiger partial charge in [0.15, 0.2) is 0 Å². The van der Waals surface area contributed by atoms with E-state index in [0.29, 0.717) is 12.0 Å². The summed E-state index contributed by atoms with van der Waals surface area (Å²) in [4.78, 5) is 4.38. The Morgan fingerprint density at radius 3 is 2.81 bits per heavy atom. The van der Waals surface area contributed by atoms with Crippen LogP contribution in [-0.4, -0.2) is 18.1 Å². The zero-order valence-corrected chi connectivity index (χ0v) is 13.9. The summed E-state index contributed by atoms with van der Waals surface area (Å²) < 4.78 is 5.79. The summed E-state index contributed by atoms with van der Waals surface area (Å²) in [6.45, 7) is 6.42. The van der Waals surface area contributed by atoms with Crippen molar-refractivity contribution in [3.8, 4) is 5.75 Å². The van der Waals surface area contributed by atoms with E-state index in [9.17, 15) is 0 Å². The molecule has 1 aromatic heterocycles. The summed E-state index contributed by atoms with van der Waals surface area (Å²) in [7, 11) is 2.07. The zero-order valence-electron chi connectivity index (χ0n) is 13.9. The predicted octanol–water partition coefficient (Wildman–Crippen LogP) is 4.35. The molecule has 1 aliphatic carbocycles. The molecule has 2 rings (SSSR count). The van der Waals surface area contributed by atoms with Gasteiger partial charge in [-0.1, -0.05) is 26.2 Å². The Labute approximate surface area is 129 Å². The number of hydrogen-bond donors (Lipinski definition) is 1. The maximum Gasteiger partial charge on any atom is 0.138 e. The average Bonchev–Trinajstić information content (AvgIpc) is 2.48. The first-order chi connectivity index (χ1) is 10.1. The molecule has 118 valence electrons. The second kappa shape index (κ2) is 7.79. The van der Waals surface area contributed by atoms with Crippen LogP contribution in [0.1, 0.15) is 64.5 Å². The van der Waals surface area contributed by atoms with Crippen LogP contribution in [0.3, 0.4) is 0 Å². The third-order valence-corrected chi connectivity index (χ3v) is 4.65. The van der Waals surface area contributed by atoms with Crippen LogP contribution in [0.4, 0.5) is 0 Å². The van der Waals surface area contributed by atoms with Crippen molar-refractivity contribution >= 4 is 0 Å². The molecule has 1 N–H and O–H groups in total. The standard InChI is InChI=1S/C18H30N2O/c1-5-14-7-6-8-15(9-14)18(19-4)16-10-17(12-20-11-16)21-13(2)3/h10-15,18-19H,5-9H2,1-4H3. The van der Waals surface area contributed by atoms with E-state index >= 15 is 0 Å². The fourth-order valence-electron chi connectivity index (χ4n) is 3.62. The first-order valence-corrected chi connectivity index (χ1v) is 8.42. The molecule has 3 unspecified atom stereocenters. The van der Waals surface area contributed by atoms with Gasteiger partial charge in [0.25, 0.3) is 0 Å². The van der Waals surface area contributed by atoms with Gasteiger partial charge in [0, 0.05) is 12.2 Å². The van der Waals surface area contributed by atoms with Gasteiger partial charge in [-0.05, 0) is 57.2 Å². The van der Waals surface area contributed by atoms with Crippen molar-refractivity contribution in [1.29, 1.82) is 0 Å². The van der Waals surface area contributed by atoms with E-state index < -0.39 is 0 Å². The summed E-state index contributed by atoms with van der Waals surface area (Å²) in [5, 5.41) is 3.52. The quantitative estimate of drug-likeness (QED) is 0.846. The van der Waals surface area contributed by atoms with Crippen LogP contribution in [0.25, 0.3) is 0 Å². The van der Waals surface area contributed by atoms with E-state index in [1.54, 1.807) is 0 Å². The first kappa shape index (κ1) is 16.3. The lowest BCUT2D eigenvalue weighted by Gasteiger charge is -2.34. The molecule has 0 radical (unpaired) electrons. The number of pyridine rings is 1. The normalized spacial score (nSPS) is 24.0. The van der Waals surface area contributed by atoms with Crippen molar-refractivity contribution in [2.24, 2.45) is 11.8 Å². The van der Waals surface area contributed by atoms with Gasteiger partial charge in [0.05, 0.1) is 12.3 Å². The Bertz CT molecular complexity index is 433. The van der Waals surface area contributed by atoms with Gasteiger partial charge in [-0.25, -0.2) is 0 Å². The number of hydrogen-bond acceptors (Lipinski definition) is 3. The highest BCUT2D eigenvalue weighted by Gasteiger charge is 2.28. The van der Waals surface area contributed by atoms with E-state index in [2.05, 4.69) is 44.2 Å². The molecule has 0 aromatic carbocycles. The fourth-order valence-corrected chi connectivity index (χ4v) is 3.62. The molecule has 0 bridgehead atoms. The van der Waals surface area contributed by atoms with E-state index in [4.69, 9.17) is 4.74 Å². The van der Waals surface area contributed by atoms with Crippen LogP contribution >= 0.6 is 0 Å². The van der Waals surface area contributed by atoms with Gasteiger partial charge in [-0.2, -0.15) is 0 Å². The highest BCUT2D eigenvalue weighted by Crippen LogP contribution is 2.38. The molecule has 0 amide bonds. The van der Waals surface area contributed by atoms with Crippen LogP contribution in [0.15, 0.2) is 18.5 Å². The summed E-state index contributed by atoms with van der Waals surface area (Å²) >= 11 is 0. The Kier molecular flexibility index (Phi) is 6.04. The lowest BCUT2D eigenvalue weighted by molar-refractivity contribution is 0.213. The van der Waals surface area contributed by atoms with Crippen molar-refractivity contribution in [2.45, 2.75) is 65.0 Å².